The molecule has 0 heterocycles. The van der Waals surface area contributed by atoms with E-state index in [1.54, 1.807) is 24.3 Å². The predicted octanol–water partition coefficient (Wildman–Crippen LogP) is 2.85. The van der Waals surface area contributed by atoms with Gasteiger partial charge in [0.1, 0.15) is 0 Å². The molecule has 3 rings (SSSR count). The second-order valence-corrected chi connectivity index (χ2v) is 9.01. The standard InChI is InChI=1S/C19H21NO3S2/c1-13-8-10-15(11-9-13)25(21,22)17-16(14-6-4-3-5-7-14)19(17,12-23-2)18(20)24/h3-11,16-17H,12H2,1-2H3,(H2,20,24). The summed E-state index contributed by atoms with van der Waals surface area (Å²) in [5.41, 5.74) is 7.06. The minimum atomic E-state index is -3.60. The molecule has 3 atom stereocenters. The van der Waals surface area contributed by atoms with E-state index in [1.807, 2.05) is 37.3 Å². The summed E-state index contributed by atoms with van der Waals surface area (Å²) in [5.74, 6) is -0.308. The molecule has 6 heteroatoms. The Balaban J connectivity index is 2.11. The maximum atomic E-state index is 13.3. The van der Waals surface area contributed by atoms with E-state index >= 15 is 0 Å². The van der Waals surface area contributed by atoms with Crippen molar-refractivity contribution >= 4 is 27.0 Å². The van der Waals surface area contributed by atoms with E-state index in [0.29, 0.717) is 4.90 Å². The van der Waals surface area contributed by atoms with Crippen LogP contribution in [-0.4, -0.2) is 32.4 Å². The van der Waals surface area contributed by atoms with Crippen molar-refractivity contribution in [2.75, 3.05) is 13.7 Å². The molecular weight excluding hydrogens is 354 g/mol. The summed E-state index contributed by atoms with van der Waals surface area (Å²) in [6.07, 6.45) is 0. The van der Waals surface area contributed by atoms with Crippen molar-refractivity contribution in [3.05, 3.63) is 65.7 Å². The van der Waals surface area contributed by atoms with Crippen LogP contribution in [0.15, 0.2) is 59.5 Å². The van der Waals surface area contributed by atoms with Crippen LogP contribution in [0.1, 0.15) is 17.0 Å². The highest BCUT2D eigenvalue weighted by atomic mass is 32.2. The summed E-state index contributed by atoms with van der Waals surface area (Å²) in [4.78, 5) is 0.474. The number of thiocarbonyl (C=S) groups is 1. The molecule has 4 nitrogen and oxygen atoms in total. The summed E-state index contributed by atoms with van der Waals surface area (Å²) < 4.78 is 32.0. The van der Waals surface area contributed by atoms with Gasteiger partial charge in [-0.05, 0) is 24.6 Å². The third kappa shape index (κ3) is 2.88. The van der Waals surface area contributed by atoms with Gasteiger partial charge in [0, 0.05) is 13.0 Å². The first-order valence-corrected chi connectivity index (χ1v) is 9.95. The molecular formula is C19H21NO3S2. The van der Waals surface area contributed by atoms with E-state index in [4.69, 9.17) is 22.7 Å². The zero-order chi connectivity index (χ0) is 18.2. The zero-order valence-electron chi connectivity index (χ0n) is 14.2. The topological polar surface area (TPSA) is 69.4 Å². The van der Waals surface area contributed by atoms with Gasteiger partial charge in [-0.15, -0.1) is 0 Å². The van der Waals surface area contributed by atoms with Crippen LogP contribution in [0.4, 0.5) is 0 Å². The van der Waals surface area contributed by atoms with Crippen LogP contribution in [0.5, 0.6) is 0 Å². The van der Waals surface area contributed by atoms with Crippen LogP contribution in [0, 0.1) is 12.3 Å². The van der Waals surface area contributed by atoms with E-state index in [-0.39, 0.29) is 17.5 Å². The third-order valence-electron chi connectivity index (χ3n) is 4.94. The summed E-state index contributed by atoms with van der Waals surface area (Å²) >= 11 is 5.29. The summed E-state index contributed by atoms with van der Waals surface area (Å²) in [7, 11) is -2.06. The van der Waals surface area contributed by atoms with Gasteiger partial charge in [-0.25, -0.2) is 8.42 Å². The number of ether oxygens (including phenoxy) is 1. The quantitative estimate of drug-likeness (QED) is 0.786. The SMILES string of the molecule is COCC1(C(N)=S)C(c2ccccc2)C1S(=O)(=O)c1ccc(C)cc1. The Bertz CT molecular complexity index is 879. The van der Waals surface area contributed by atoms with Gasteiger partial charge in [-0.3, -0.25) is 0 Å². The lowest BCUT2D eigenvalue weighted by Gasteiger charge is -2.16. The molecule has 0 radical (unpaired) electrons. The maximum absolute atomic E-state index is 13.3. The van der Waals surface area contributed by atoms with Gasteiger partial charge in [-0.1, -0.05) is 60.2 Å². The van der Waals surface area contributed by atoms with Crippen molar-refractivity contribution in [1.82, 2.24) is 0 Å². The normalized spacial score (nSPS) is 25.5. The highest BCUT2D eigenvalue weighted by molar-refractivity contribution is 7.92. The molecule has 0 bridgehead atoms. The van der Waals surface area contributed by atoms with Crippen molar-refractivity contribution in [2.45, 2.75) is 23.0 Å². The lowest BCUT2D eigenvalue weighted by atomic mass is 10.00. The van der Waals surface area contributed by atoms with Crippen molar-refractivity contribution in [2.24, 2.45) is 11.1 Å². The van der Waals surface area contributed by atoms with Crippen molar-refractivity contribution in [3.63, 3.8) is 0 Å². The average molecular weight is 376 g/mol. The number of sulfone groups is 1. The van der Waals surface area contributed by atoms with Crippen LogP contribution >= 0.6 is 12.2 Å². The fourth-order valence-corrected chi connectivity index (χ4v) is 6.41. The molecule has 0 saturated heterocycles. The molecule has 0 amide bonds. The van der Waals surface area contributed by atoms with Crippen molar-refractivity contribution < 1.29 is 13.2 Å². The molecule has 2 N–H and O–H groups in total. The number of hydrogen-bond acceptors (Lipinski definition) is 4. The summed E-state index contributed by atoms with van der Waals surface area (Å²) in [6.45, 7) is 2.10. The predicted molar refractivity (Wildman–Crippen MR) is 102 cm³/mol. The Hall–Kier alpha value is -1.76. The number of hydrogen-bond donors (Lipinski definition) is 1. The minimum absolute atomic E-state index is 0.178. The Morgan fingerprint density at radius 2 is 1.76 bits per heavy atom. The molecule has 25 heavy (non-hydrogen) atoms. The van der Waals surface area contributed by atoms with E-state index in [1.165, 1.54) is 7.11 Å². The fraction of sp³-hybridized carbons (Fsp3) is 0.316. The molecule has 2 aromatic carbocycles. The molecule has 1 aliphatic carbocycles. The molecule has 2 aromatic rings. The van der Waals surface area contributed by atoms with Gasteiger partial charge in [0.2, 0.25) is 0 Å². The maximum Gasteiger partial charge on any atom is 0.182 e. The fourth-order valence-electron chi connectivity index (χ4n) is 3.64. The minimum Gasteiger partial charge on any atom is -0.393 e. The molecule has 1 saturated carbocycles. The first-order valence-electron chi connectivity index (χ1n) is 8.00. The summed E-state index contributed by atoms with van der Waals surface area (Å²) in [6, 6.07) is 16.4. The lowest BCUT2D eigenvalue weighted by molar-refractivity contribution is 0.166. The van der Waals surface area contributed by atoms with E-state index < -0.39 is 20.5 Å². The van der Waals surface area contributed by atoms with E-state index in [0.717, 1.165) is 11.1 Å². The number of methoxy groups -OCH3 is 1. The largest absolute Gasteiger partial charge is 0.393 e. The molecule has 3 unspecified atom stereocenters. The van der Waals surface area contributed by atoms with Crippen LogP contribution in [0.25, 0.3) is 0 Å². The molecule has 0 aromatic heterocycles. The van der Waals surface area contributed by atoms with Crippen LogP contribution in [0.2, 0.25) is 0 Å². The van der Waals surface area contributed by atoms with Gasteiger partial charge in [0.05, 0.1) is 27.2 Å². The van der Waals surface area contributed by atoms with E-state index in [2.05, 4.69) is 0 Å². The van der Waals surface area contributed by atoms with Crippen molar-refractivity contribution in [3.8, 4) is 0 Å². The van der Waals surface area contributed by atoms with Crippen molar-refractivity contribution in [1.29, 1.82) is 0 Å². The lowest BCUT2D eigenvalue weighted by Crippen LogP contribution is -2.33. The Morgan fingerprint density at radius 3 is 2.28 bits per heavy atom. The first-order chi connectivity index (χ1) is 11.9. The Morgan fingerprint density at radius 1 is 1.16 bits per heavy atom. The molecule has 1 fully saturated rings. The van der Waals surface area contributed by atoms with Gasteiger partial charge >= 0.3 is 0 Å². The van der Waals surface area contributed by atoms with Crippen LogP contribution < -0.4 is 5.73 Å². The number of aryl methyl sites for hydroxylation is 1. The molecule has 132 valence electrons. The summed E-state index contributed by atoms with van der Waals surface area (Å²) in [5, 5.41) is -0.720. The highest BCUT2D eigenvalue weighted by Gasteiger charge is 2.73. The highest BCUT2D eigenvalue weighted by Crippen LogP contribution is 2.64. The molecule has 1 aliphatic rings. The van der Waals surface area contributed by atoms with Gasteiger partial charge < -0.3 is 10.5 Å². The number of rotatable bonds is 6. The Labute approximate surface area is 153 Å². The average Bonchev–Trinajstić information content (AvgIpc) is 3.27. The first kappa shape index (κ1) is 18.0. The number of nitrogens with two attached hydrogens (primary N) is 1. The van der Waals surface area contributed by atoms with Crippen LogP contribution in [0.3, 0.4) is 0 Å². The number of benzene rings is 2. The van der Waals surface area contributed by atoms with Crippen LogP contribution in [-0.2, 0) is 14.6 Å². The monoisotopic (exact) mass is 375 g/mol. The zero-order valence-corrected chi connectivity index (χ0v) is 15.8. The Kier molecular flexibility index (Phi) is 4.70. The second-order valence-electron chi connectivity index (χ2n) is 6.50. The third-order valence-corrected chi connectivity index (χ3v) is 7.61. The molecule has 0 spiro atoms. The van der Waals surface area contributed by atoms with Gasteiger partial charge in [0.25, 0.3) is 0 Å². The smallest absolute Gasteiger partial charge is 0.182 e. The van der Waals surface area contributed by atoms with Gasteiger partial charge in [0.15, 0.2) is 9.84 Å². The van der Waals surface area contributed by atoms with E-state index in [9.17, 15) is 8.42 Å². The second kappa shape index (κ2) is 6.52. The molecule has 0 aliphatic heterocycles. The van der Waals surface area contributed by atoms with Gasteiger partial charge in [-0.2, -0.15) is 0 Å².